The molecule has 0 spiro atoms. The number of methoxy groups -OCH3 is 1. The first kappa shape index (κ1) is 20.2. The third kappa shape index (κ3) is 5.04. The summed E-state index contributed by atoms with van der Waals surface area (Å²) in [5, 5.41) is 0. The van der Waals surface area contributed by atoms with Crippen LogP contribution in [0.2, 0.25) is 0 Å². The molecule has 25 heavy (non-hydrogen) atoms. The summed E-state index contributed by atoms with van der Waals surface area (Å²) in [6, 6.07) is 8.34. The lowest BCUT2D eigenvalue weighted by Gasteiger charge is -2.29. The first-order valence-electron chi connectivity index (χ1n) is 7.71. The summed E-state index contributed by atoms with van der Waals surface area (Å²) in [6.45, 7) is 6.84. The maximum absolute atomic E-state index is 12.8. The van der Waals surface area contributed by atoms with E-state index in [0.717, 1.165) is 0 Å². The van der Waals surface area contributed by atoms with Gasteiger partial charge in [-0.25, -0.2) is 0 Å². The highest BCUT2D eigenvalue weighted by atomic mass is 16.6. The molecule has 0 aliphatic carbocycles. The lowest BCUT2D eigenvalue weighted by molar-refractivity contribution is -0.165. The number of hydrogen-bond donors (Lipinski definition) is 0. The van der Waals surface area contributed by atoms with Gasteiger partial charge >= 0.3 is 17.9 Å². The fourth-order valence-electron chi connectivity index (χ4n) is 2.30. The van der Waals surface area contributed by atoms with Gasteiger partial charge in [0, 0.05) is 6.42 Å². The van der Waals surface area contributed by atoms with Gasteiger partial charge in [0.05, 0.1) is 7.11 Å². The predicted molar refractivity (Wildman–Crippen MR) is 91.7 cm³/mol. The van der Waals surface area contributed by atoms with E-state index in [1.54, 1.807) is 30.3 Å². The molecule has 0 unspecified atom stereocenters. The minimum Gasteiger partial charge on any atom is -0.469 e. The number of carbonyl (C=O) groups is 3. The van der Waals surface area contributed by atoms with Crippen molar-refractivity contribution in [3.63, 3.8) is 0 Å². The molecule has 1 aromatic rings. The van der Waals surface area contributed by atoms with E-state index in [9.17, 15) is 14.4 Å². The van der Waals surface area contributed by atoms with Crippen LogP contribution < -0.4 is 0 Å². The van der Waals surface area contributed by atoms with Crippen molar-refractivity contribution >= 4 is 17.9 Å². The minimum atomic E-state index is -1.78. The Balaban J connectivity index is 3.36. The van der Waals surface area contributed by atoms with Crippen molar-refractivity contribution in [2.24, 2.45) is 0 Å². The normalized spacial score (nSPS) is 10.4. The van der Waals surface area contributed by atoms with Gasteiger partial charge in [0.2, 0.25) is 0 Å². The van der Waals surface area contributed by atoms with Crippen LogP contribution in [0.1, 0.15) is 18.4 Å². The number of hydrogen-bond acceptors (Lipinski definition) is 6. The molecule has 0 fully saturated rings. The van der Waals surface area contributed by atoms with E-state index in [1.165, 1.54) is 19.3 Å². The molecule has 0 heterocycles. The molecule has 0 saturated heterocycles. The Kier molecular flexibility index (Phi) is 8.12. The number of esters is 3. The van der Waals surface area contributed by atoms with Crippen LogP contribution >= 0.6 is 0 Å². The molecule has 1 rings (SSSR count). The summed E-state index contributed by atoms with van der Waals surface area (Å²) in [6.07, 6.45) is 2.49. The van der Waals surface area contributed by atoms with E-state index in [2.05, 4.69) is 17.9 Å². The number of carbonyl (C=O) groups excluding carboxylic acids is 3. The van der Waals surface area contributed by atoms with Crippen molar-refractivity contribution in [3.05, 3.63) is 61.2 Å². The molecule has 0 amide bonds. The number of benzene rings is 1. The van der Waals surface area contributed by atoms with Gasteiger partial charge in [-0.1, -0.05) is 55.6 Å². The second-order valence-corrected chi connectivity index (χ2v) is 5.12. The van der Waals surface area contributed by atoms with E-state index in [1.807, 2.05) is 0 Å². The van der Waals surface area contributed by atoms with E-state index in [4.69, 9.17) is 9.47 Å². The first-order valence-corrected chi connectivity index (χ1v) is 7.71. The topological polar surface area (TPSA) is 78.9 Å². The van der Waals surface area contributed by atoms with Crippen molar-refractivity contribution in [1.82, 2.24) is 0 Å². The summed E-state index contributed by atoms with van der Waals surface area (Å²) in [4.78, 5) is 37.2. The van der Waals surface area contributed by atoms with Crippen molar-refractivity contribution in [2.75, 3.05) is 20.3 Å². The van der Waals surface area contributed by atoms with Gasteiger partial charge < -0.3 is 14.2 Å². The molecule has 134 valence electrons. The molecule has 0 aromatic heterocycles. The number of ether oxygens (including phenoxy) is 3. The molecule has 0 aliphatic rings. The molecule has 0 radical (unpaired) electrons. The molecule has 1 aromatic carbocycles. The Morgan fingerprint density at radius 1 is 1.00 bits per heavy atom. The number of rotatable bonds is 10. The van der Waals surface area contributed by atoms with Crippen LogP contribution in [0.25, 0.3) is 0 Å². The Morgan fingerprint density at radius 3 is 1.96 bits per heavy atom. The zero-order chi connectivity index (χ0) is 18.7. The quantitative estimate of drug-likeness (QED) is 0.280. The summed E-state index contributed by atoms with van der Waals surface area (Å²) in [5.74, 6) is -2.17. The van der Waals surface area contributed by atoms with E-state index in [0.29, 0.717) is 5.56 Å². The van der Waals surface area contributed by atoms with Crippen LogP contribution in [-0.4, -0.2) is 38.2 Å². The highest BCUT2D eigenvalue weighted by Crippen LogP contribution is 2.33. The summed E-state index contributed by atoms with van der Waals surface area (Å²) in [5.41, 5.74) is -1.40. The first-order chi connectivity index (χ1) is 12.0. The molecule has 0 saturated carbocycles. The summed E-state index contributed by atoms with van der Waals surface area (Å²) < 4.78 is 14.9. The van der Waals surface area contributed by atoms with Crippen molar-refractivity contribution in [1.29, 1.82) is 0 Å². The Bertz CT molecular complexity index is 596. The van der Waals surface area contributed by atoms with E-state index < -0.39 is 23.3 Å². The van der Waals surface area contributed by atoms with Gasteiger partial charge in [0.25, 0.3) is 0 Å². The molecule has 0 N–H and O–H groups in total. The third-order valence-corrected chi connectivity index (χ3v) is 3.56. The minimum absolute atomic E-state index is 0.0691. The molecule has 6 nitrogen and oxygen atoms in total. The van der Waals surface area contributed by atoms with Crippen molar-refractivity contribution in [2.45, 2.75) is 18.3 Å². The standard InChI is InChI=1S/C19H22O6/c1-4-13-24-17(21)19(12-11-16(20)23-3,18(22)25-14-5-2)15-9-7-6-8-10-15/h4-10H,1-2,11-14H2,3H3. The highest BCUT2D eigenvalue weighted by Gasteiger charge is 2.50. The van der Waals surface area contributed by atoms with E-state index >= 15 is 0 Å². The van der Waals surface area contributed by atoms with Gasteiger partial charge in [-0.3, -0.25) is 14.4 Å². The molecule has 0 atom stereocenters. The zero-order valence-corrected chi connectivity index (χ0v) is 14.2. The molecular formula is C19H22O6. The van der Waals surface area contributed by atoms with Crippen molar-refractivity contribution < 1.29 is 28.6 Å². The SMILES string of the molecule is C=CCOC(=O)C(CCC(=O)OC)(C(=O)OCC=C)c1ccccc1. The molecule has 0 aliphatic heterocycles. The Labute approximate surface area is 147 Å². The van der Waals surface area contributed by atoms with Crippen molar-refractivity contribution in [3.8, 4) is 0 Å². The van der Waals surface area contributed by atoms with Gasteiger partial charge in [0.15, 0.2) is 5.41 Å². The smallest absolute Gasteiger partial charge is 0.328 e. The molecule has 0 bridgehead atoms. The third-order valence-electron chi connectivity index (χ3n) is 3.56. The fraction of sp³-hybridized carbons (Fsp3) is 0.316. The summed E-state index contributed by atoms with van der Waals surface area (Å²) >= 11 is 0. The summed E-state index contributed by atoms with van der Waals surface area (Å²) in [7, 11) is 1.23. The molecular weight excluding hydrogens is 324 g/mol. The average molecular weight is 346 g/mol. The van der Waals surface area contributed by atoms with Crippen LogP contribution in [0.5, 0.6) is 0 Å². The zero-order valence-electron chi connectivity index (χ0n) is 14.2. The average Bonchev–Trinajstić information content (AvgIpc) is 2.65. The second kappa shape index (κ2) is 10.1. The monoisotopic (exact) mass is 346 g/mol. The molecule has 6 heteroatoms. The van der Waals surface area contributed by atoms with Gasteiger partial charge in [-0.05, 0) is 12.0 Å². The Morgan fingerprint density at radius 2 is 1.52 bits per heavy atom. The maximum atomic E-state index is 12.8. The fourth-order valence-corrected chi connectivity index (χ4v) is 2.30. The lowest BCUT2D eigenvalue weighted by atomic mass is 9.76. The lowest BCUT2D eigenvalue weighted by Crippen LogP contribution is -2.46. The maximum Gasteiger partial charge on any atom is 0.328 e. The van der Waals surface area contributed by atoms with Gasteiger partial charge in [-0.15, -0.1) is 0 Å². The van der Waals surface area contributed by atoms with E-state index in [-0.39, 0.29) is 26.1 Å². The van der Waals surface area contributed by atoms with Crippen LogP contribution in [0.15, 0.2) is 55.6 Å². The van der Waals surface area contributed by atoms with Crippen LogP contribution in [0.4, 0.5) is 0 Å². The van der Waals surface area contributed by atoms with Gasteiger partial charge in [0.1, 0.15) is 13.2 Å². The van der Waals surface area contributed by atoms with Crippen LogP contribution in [0.3, 0.4) is 0 Å². The predicted octanol–water partition coefficient (Wildman–Crippen LogP) is 2.34. The van der Waals surface area contributed by atoms with Gasteiger partial charge in [-0.2, -0.15) is 0 Å². The Hall–Kier alpha value is -2.89. The second-order valence-electron chi connectivity index (χ2n) is 5.12. The van der Waals surface area contributed by atoms with Crippen LogP contribution in [-0.2, 0) is 34.0 Å². The highest BCUT2D eigenvalue weighted by molar-refractivity contribution is 6.06. The van der Waals surface area contributed by atoms with Crippen LogP contribution in [0, 0.1) is 0 Å². The largest absolute Gasteiger partial charge is 0.469 e.